The van der Waals surface area contributed by atoms with E-state index in [0.717, 1.165) is 24.9 Å². The predicted molar refractivity (Wildman–Crippen MR) is 68.4 cm³/mol. The first-order chi connectivity index (χ1) is 8.34. The molecule has 92 valence electrons. The van der Waals surface area contributed by atoms with Gasteiger partial charge in [-0.05, 0) is 25.7 Å². The molecule has 1 aliphatic carbocycles. The zero-order valence-electron chi connectivity index (χ0n) is 9.77. The van der Waals surface area contributed by atoms with Gasteiger partial charge < -0.3 is 10.2 Å². The van der Waals surface area contributed by atoms with Crippen LogP contribution in [0.25, 0.3) is 0 Å². The van der Waals surface area contributed by atoms with Crippen molar-refractivity contribution in [1.82, 2.24) is 15.3 Å². The van der Waals surface area contributed by atoms with Crippen LogP contribution in [0.4, 0.5) is 5.82 Å². The highest BCUT2D eigenvalue weighted by atomic mass is 35.5. The third-order valence-corrected chi connectivity index (χ3v) is 3.78. The van der Waals surface area contributed by atoms with E-state index in [0.29, 0.717) is 11.1 Å². The van der Waals surface area contributed by atoms with Gasteiger partial charge in [-0.3, -0.25) is 0 Å². The van der Waals surface area contributed by atoms with Gasteiger partial charge in [-0.25, -0.2) is 9.97 Å². The van der Waals surface area contributed by atoms with E-state index in [1.807, 2.05) is 0 Å². The summed E-state index contributed by atoms with van der Waals surface area (Å²) < 4.78 is 0. The lowest BCUT2D eigenvalue weighted by atomic mass is 10.2. The van der Waals surface area contributed by atoms with E-state index >= 15 is 0 Å². The summed E-state index contributed by atoms with van der Waals surface area (Å²) in [6.45, 7) is 2.10. The van der Waals surface area contributed by atoms with E-state index in [2.05, 4.69) is 20.2 Å². The van der Waals surface area contributed by atoms with Crippen LogP contribution in [0.15, 0.2) is 12.5 Å². The third kappa shape index (κ3) is 2.53. The first-order valence-corrected chi connectivity index (χ1v) is 6.68. The molecule has 1 saturated heterocycles. The highest BCUT2D eigenvalue weighted by molar-refractivity contribution is 6.32. The number of anilines is 1. The van der Waals surface area contributed by atoms with Crippen molar-refractivity contribution in [3.8, 4) is 0 Å². The van der Waals surface area contributed by atoms with Crippen LogP contribution in [0.2, 0.25) is 5.02 Å². The lowest BCUT2D eigenvalue weighted by Gasteiger charge is -2.26. The Morgan fingerprint density at radius 1 is 1.41 bits per heavy atom. The molecule has 0 spiro atoms. The molecule has 1 saturated carbocycles. The van der Waals surface area contributed by atoms with Crippen molar-refractivity contribution >= 4 is 17.4 Å². The molecule has 4 nitrogen and oxygen atoms in total. The van der Waals surface area contributed by atoms with Gasteiger partial charge in [0, 0.05) is 25.2 Å². The van der Waals surface area contributed by atoms with Gasteiger partial charge in [-0.15, -0.1) is 0 Å². The lowest BCUT2D eigenvalue weighted by molar-refractivity contribution is 0.568. The van der Waals surface area contributed by atoms with Gasteiger partial charge in [-0.2, -0.15) is 0 Å². The van der Waals surface area contributed by atoms with E-state index in [9.17, 15) is 0 Å². The Bertz CT molecular complexity index is 394. The maximum Gasteiger partial charge on any atom is 0.151 e. The molecule has 2 fully saturated rings. The Morgan fingerprint density at radius 2 is 2.29 bits per heavy atom. The van der Waals surface area contributed by atoms with Crippen LogP contribution >= 0.6 is 11.6 Å². The summed E-state index contributed by atoms with van der Waals surface area (Å²) >= 11 is 6.16. The monoisotopic (exact) mass is 252 g/mol. The second kappa shape index (κ2) is 4.78. The van der Waals surface area contributed by atoms with Crippen molar-refractivity contribution in [1.29, 1.82) is 0 Å². The molecule has 3 rings (SSSR count). The fourth-order valence-electron chi connectivity index (χ4n) is 2.43. The second-order valence-electron chi connectivity index (χ2n) is 4.87. The van der Waals surface area contributed by atoms with Crippen LogP contribution in [-0.2, 0) is 0 Å². The summed E-state index contributed by atoms with van der Waals surface area (Å²) in [6.07, 6.45) is 8.36. The quantitative estimate of drug-likeness (QED) is 0.888. The van der Waals surface area contributed by atoms with Crippen molar-refractivity contribution in [2.45, 2.75) is 37.8 Å². The second-order valence-corrected chi connectivity index (χ2v) is 5.27. The van der Waals surface area contributed by atoms with E-state index in [4.69, 9.17) is 11.6 Å². The number of nitrogens with one attached hydrogen (secondary N) is 1. The van der Waals surface area contributed by atoms with Gasteiger partial charge in [0.05, 0.1) is 6.20 Å². The fourth-order valence-corrected chi connectivity index (χ4v) is 2.65. The van der Waals surface area contributed by atoms with Gasteiger partial charge in [-0.1, -0.05) is 11.6 Å². The Kier molecular flexibility index (Phi) is 3.16. The normalized spacial score (nSPS) is 24.3. The molecule has 0 bridgehead atoms. The average Bonchev–Trinajstić information content (AvgIpc) is 3.06. The molecule has 1 aromatic heterocycles. The summed E-state index contributed by atoms with van der Waals surface area (Å²) in [5.74, 6) is 0.891. The number of halogens is 1. The summed E-state index contributed by atoms with van der Waals surface area (Å²) in [5.41, 5.74) is 0. The Labute approximate surface area is 106 Å². The van der Waals surface area contributed by atoms with E-state index in [1.54, 1.807) is 12.5 Å². The fraction of sp³-hybridized carbons (Fsp3) is 0.667. The van der Waals surface area contributed by atoms with Gasteiger partial charge >= 0.3 is 0 Å². The van der Waals surface area contributed by atoms with Crippen LogP contribution in [0.1, 0.15) is 25.7 Å². The highest BCUT2D eigenvalue weighted by Gasteiger charge is 2.29. The third-order valence-electron chi connectivity index (χ3n) is 3.52. The molecule has 1 unspecified atom stereocenters. The van der Waals surface area contributed by atoms with Crippen molar-refractivity contribution in [2.75, 3.05) is 18.0 Å². The molecule has 1 atom stereocenters. The predicted octanol–water partition coefficient (Wildman–Crippen LogP) is 1.85. The summed E-state index contributed by atoms with van der Waals surface area (Å²) in [4.78, 5) is 10.6. The van der Waals surface area contributed by atoms with Gasteiger partial charge in [0.2, 0.25) is 0 Å². The smallest absolute Gasteiger partial charge is 0.151 e. The van der Waals surface area contributed by atoms with Gasteiger partial charge in [0.15, 0.2) is 5.82 Å². The van der Waals surface area contributed by atoms with E-state index in [-0.39, 0.29) is 0 Å². The molecule has 2 heterocycles. The van der Waals surface area contributed by atoms with Crippen molar-refractivity contribution in [3.05, 3.63) is 17.5 Å². The van der Waals surface area contributed by atoms with Crippen LogP contribution in [-0.4, -0.2) is 35.1 Å². The summed E-state index contributed by atoms with van der Waals surface area (Å²) in [5, 5.41) is 4.25. The topological polar surface area (TPSA) is 41.1 Å². The molecule has 1 aromatic rings. The largest absolute Gasteiger partial charge is 0.351 e. The SMILES string of the molecule is Clc1cncnc1N1CCCC1CNC1CC1. The zero-order chi connectivity index (χ0) is 11.7. The molecule has 2 aliphatic rings. The molecule has 0 radical (unpaired) electrons. The standard InChI is InChI=1S/C12H17ClN4/c13-11-7-14-8-16-12(11)17-5-1-2-10(17)6-15-9-3-4-9/h7-10,15H,1-6H2. The maximum absolute atomic E-state index is 6.16. The minimum absolute atomic E-state index is 0.531. The molecule has 0 aromatic carbocycles. The molecule has 0 amide bonds. The lowest BCUT2D eigenvalue weighted by Crippen LogP contribution is -2.39. The number of hydrogen-bond acceptors (Lipinski definition) is 4. The van der Waals surface area contributed by atoms with Crippen molar-refractivity contribution in [3.63, 3.8) is 0 Å². The Morgan fingerprint density at radius 3 is 3.06 bits per heavy atom. The van der Waals surface area contributed by atoms with Crippen molar-refractivity contribution < 1.29 is 0 Å². The molecular formula is C12H17ClN4. The molecule has 17 heavy (non-hydrogen) atoms. The van der Waals surface area contributed by atoms with E-state index < -0.39 is 0 Å². The Balaban J connectivity index is 1.69. The van der Waals surface area contributed by atoms with Crippen LogP contribution in [0, 0.1) is 0 Å². The summed E-state index contributed by atoms with van der Waals surface area (Å²) in [7, 11) is 0. The molecule has 1 aliphatic heterocycles. The number of nitrogens with zero attached hydrogens (tertiary/aromatic N) is 3. The van der Waals surface area contributed by atoms with E-state index in [1.165, 1.54) is 25.7 Å². The van der Waals surface area contributed by atoms with Crippen LogP contribution in [0.3, 0.4) is 0 Å². The Hall–Kier alpha value is -0.870. The number of rotatable bonds is 4. The minimum atomic E-state index is 0.531. The number of aromatic nitrogens is 2. The van der Waals surface area contributed by atoms with Crippen molar-refractivity contribution in [2.24, 2.45) is 0 Å². The molecule has 1 N–H and O–H groups in total. The maximum atomic E-state index is 6.16. The first kappa shape index (κ1) is 11.2. The highest BCUT2D eigenvalue weighted by Crippen LogP contribution is 2.29. The van der Waals surface area contributed by atoms with Crippen LogP contribution < -0.4 is 10.2 Å². The summed E-state index contributed by atoms with van der Waals surface area (Å²) in [6, 6.07) is 1.29. The number of hydrogen-bond donors (Lipinski definition) is 1. The zero-order valence-corrected chi connectivity index (χ0v) is 10.5. The minimum Gasteiger partial charge on any atom is -0.351 e. The van der Waals surface area contributed by atoms with Gasteiger partial charge in [0.25, 0.3) is 0 Å². The first-order valence-electron chi connectivity index (χ1n) is 6.30. The molecular weight excluding hydrogens is 236 g/mol. The average molecular weight is 253 g/mol. The van der Waals surface area contributed by atoms with Gasteiger partial charge in [0.1, 0.15) is 11.3 Å². The molecule has 5 heteroatoms. The van der Waals surface area contributed by atoms with Crippen LogP contribution in [0.5, 0.6) is 0 Å².